The second-order valence-electron chi connectivity index (χ2n) is 4.24. The van der Waals surface area contributed by atoms with Gasteiger partial charge in [0, 0.05) is 11.8 Å². The molecule has 0 saturated carbocycles. The van der Waals surface area contributed by atoms with E-state index < -0.39 is 10.0 Å². The van der Waals surface area contributed by atoms with E-state index in [-0.39, 0.29) is 10.5 Å². The maximum atomic E-state index is 11.8. The number of primary sulfonamides is 1. The standard InChI is InChI=1S/C12H10N4O3S/c13-20(18,19)8-3-1-7(2-4-8)11-10-9(15-16-11)5-6-14-12(10)17/h1-6H,(H,14,17)(H,15,16)(H2,13,18,19). The summed E-state index contributed by atoms with van der Waals surface area (Å²) in [4.78, 5) is 14.4. The van der Waals surface area contributed by atoms with Crippen molar-refractivity contribution in [1.29, 1.82) is 0 Å². The number of hydrogen-bond donors (Lipinski definition) is 3. The molecule has 3 aromatic rings. The Morgan fingerprint density at radius 1 is 1.10 bits per heavy atom. The van der Waals surface area contributed by atoms with Gasteiger partial charge in [0.05, 0.1) is 15.8 Å². The van der Waals surface area contributed by atoms with Crippen molar-refractivity contribution in [3.8, 4) is 11.3 Å². The van der Waals surface area contributed by atoms with Gasteiger partial charge in [-0.1, -0.05) is 12.1 Å². The van der Waals surface area contributed by atoms with Crippen molar-refractivity contribution in [3.63, 3.8) is 0 Å². The third-order valence-corrected chi connectivity index (χ3v) is 3.87. The second-order valence-corrected chi connectivity index (χ2v) is 5.80. The van der Waals surface area contributed by atoms with Gasteiger partial charge in [0.1, 0.15) is 5.69 Å². The van der Waals surface area contributed by atoms with Crippen LogP contribution in [0.25, 0.3) is 22.2 Å². The summed E-state index contributed by atoms with van der Waals surface area (Å²) in [5.74, 6) is 0. The van der Waals surface area contributed by atoms with Crippen LogP contribution in [-0.4, -0.2) is 23.6 Å². The summed E-state index contributed by atoms with van der Waals surface area (Å²) in [7, 11) is -3.74. The van der Waals surface area contributed by atoms with E-state index >= 15 is 0 Å². The molecule has 20 heavy (non-hydrogen) atoms. The van der Waals surface area contributed by atoms with Crippen LogP contribution in [0.5, 0.6) is 0 Å². The van der Waals surface area contributed by atoms with Gasteiger partial charge in [-0.15, -0.1) is 0 Å². The third kappa shape index (κ3) is 2.00. The second kappa shape index (κ2) is 4.29. The number of nitrogens with zero attached hydrogens (tertiary/aromatic N) is 1. The predicted molar refractivity (Wildman–Crippen MR) is 73.5 cm³/mol. The Morgan fingerprint density at radius 2 is 1.80 bits per heavy atom. The zero-order chi connectivity index (χ0) is 14.3. The Bertz CT molecular complexity index is 939. The van der Waals surface area contributed by atoms with Crippen LogP contribution in [-0.2, 0) is 10.0 Å². The Hall–Kier alpha value is -2.45. The van der Waals surface area contributed by atoms with Crippen LogP contribution in [0.1, 0.15) is 0 Å². The van der Waals surface area contributed by atoms with Crippen LogP contribution in [0.2, 0.25) is 0 Å². The summed E-state index contributed by atoms with van der Waals surface area (Å²) in [6.07, 6.45) is 1.52. The maximum Gasteiger partial charge on any atom is 0.259 e. The monoisotopic (exact) mass is 290 g/mol. The SMILES string of the molecule is NS(=O)(=O)c1ccc(-c2n[nH]c3cc[nH]c(=O)c23)cc1. The fraction of sp³-hybridized carbons (Fsp3) is 0. The third-order valence-electron chi connectivity index (χ3n) is 2.94. The molecule has 0 amide bonds. The van der Waals surface area contributed by atoms with E-state index in [1.807, 2.05) is 0 Å². The van der Waals surface area contributed by atoms with E-state index in [2.05, 4.69) is 15.2 Å². The highest BCUT2D eigenvalue weighted by molar-refractivity contribution is 7.89. The summed E-state index contributed by atoms with van der Waals surface area (Å²) in [6, 6.07) is 7.57. The Balaban J connectivity index is 2.19. The molecule has 0 fully saturated rings. The average molecular weight is 290 g/mol. The van der Waals surface area contributed by atoms with Crippen LogP contribution in [0.15, 0.2) is 46.2 Å². The summed E-state index contributed by atoms with van der Waals surface area (Å²) in [5, 5.41) is 12.3. The molecule has 1 aromatic carbocycles. The number of nitrogens with one attached hydrogen (secondary N) is 2. The van der Waals surface area contributed by atoms with E-state index in [0.717, 1.165) is 0 Å². The molecule has 8 heteroatoms. The van der Waals surface area contributed by atoms with Gasteiger partial charge in [0.15, 0.2) is 0 Å². The quantitative estimate of drug-likeness (QED) is 0.638. The van der Waals surface area contributed by atoms with E-state index in [0.29, 0.717) is 22.2 Å². The predicted octanol–water partition coefficient (Wildman–Crippen LogP) is 0.566. The molecule has 7 nitrogen and oxygen atoms in total. The van der Waals surface area contributed by atoms with Gasteiger partial charge in [0.2, 0.25) is 10.0 Å². The maximum absolute atomic E-state index is 11.8. The Kier molecular flexibility index (Phi) is 2.70. The first kappa shape index (κ1) is 12.6. The van der Waals surface area contributed by atoms with E-state index in [9.17, 15) is 13.2 Å². The number of H-pyrrole nitrogens is 2. The fourth-order valence-corrected chi connectivity index (χ4v) is 2.51. The van der Waals surface area contributed by atoms with E-state index in [4.69, 9.17) is 5.14 Å². The van der Waals surface area contributed by atoms with Crippen molar-refractivity contribution in [3.05, 3.63) is 46.9 Å². The summed E-state index contributed by atoms with van der Waals surface area (Å²) in [5.41, 5.74) is 1.43. The van der Waals surface area contributed by atoms with Gasteiger partial charge < -0.3 is 4.98 Å². The zero-order valence-corrected chi connectivity index (χ0v) is 10.9. The van der Waals surface area contributed by atoms with Crippen molar-refractivity contribution in [1.82, 2.24) is 15.2 Å². The number of benzene rings is 1. The minimum absolute atomic E-state index is 0.00926. The van der Waals surface area contributed by atoms with Crippen molar-refractivity contribution >= 4 is 20.9 Å². The molecule has 0 spiro atoms. The number of rotatable bonds is 2. The number of aromatic amines is 2. The van der Waals surface area contributed by atoms with Crippen molar-refractivity contribution in [2.75, 3.05) is 0 Å². The topological polar surface area (TPSA) is 122 Å². The number of aromatic nitrogens is 3. The molecule has 2 heterocycles. The lowest BCUT2D eigenvalue weighted by Crippen LogP contribution is -2.11. The fourth-order valence-electron chi connectivity index (χ4n) is 1.99. The van der Waals surface area contributed by atoms with Crippen LogP contribution in [0.4, 0.5) is 0 Å². The highest BCUT2D eigenvalue weighted by Gasteiger charge is 2.13. The number of nitrogens with two attached hydrogens (primary N) is 1. The van der Waals surface area contributed by atoms with E-state index in [1.54, 1.807) is 18.2 Å². The van der Waals surface area contributed by atoms with Gasteiger partial charge in [-0.05, 0) is 18.2 Å². The summed E-state index contributed by atoms with van der Waals surface area (Å²) < 4.78 is 22.4. The van der Waals surface area contributed by atoms with E-state index in [1.165, 1.54) is 18.3 Å². The Labute approximate surface area is 113 Å². The van der Waals surface area contributed by atoms with Gasteiger partial charge in [-0.25, -0.2) is 13.6 Å². The van der Waals surface area contributed by atoms with Crippen LogP contribution in [0.3, 0.4) is 0 Å². The lowest BCUT2D eigenvalue weighted by molar-refractivity contribution is 0.598. The molecule has 102 valence electrons. The van der Waals surface area contributed by atoms with Crippen LogP contribution in [0, 0.1) is 0 Å². The number of pyridine rings is 1. The molecule has 0 aliphatic rings. The van der Waals surface area contributed by atoms with Gasteiger partial charge in [-0.3, -0.25) is 9.89 Å². The smallest absolute Gasteiger partial charge is 0.259 e. The van der Waals surface area contributed by atoms with Gasteiger partial charge in [-0.2, -0.15) is 5.10 Å². The summed E-state index contributed by atoms with van der Waals surface area (Å²) in [6.45, 7) is 0. The van der Waals surface area contributed by atoms with Crippen molar-refractivity contribution in [2.24, 2.45) is 5.14 Å². The molecular formula is C12H10N4O3S. The highest BCUT2D eigenvalue weighted by Crippen LogP contribution is 2.24. The number of fused-ring (bicyclic) bond motifs is 1. The molecule has 0 aliphatic heterocycles. The lowest BCUT2D eigenvalue weighted by Gasteiger charge is -2.00. The summed E-state index contributed by atoms with van der Waals surface area (Å²) >= 11 is 0. The minimum atomic E-state index is -3.74. The number of sulfonamides is 1. The van der Waals surface area contributed by atoms with Crippen molar-refractivity contribution in [2.45, 2.75) is 4.90 Å². The molecular weight excluding hydrogens is 280 g/mol. The minimum Gasteiger partial charge on any atom is -0.328 e. The lowest BCUT2D eigenvalue weighted by atomic mass is 10.1. The average Bonchev–Trinajstić information content (AvgIpc) is 2.83. The molecule has 4 N–H and O–H groups in total. The molecule has 0 atom stereocenters. The zero-order valence-electron chi connectivity index (χ0n) is 10.1. The molecule has 0 aliphatic carbocycles. The highest BCUT2D eigenvalue weighted by atomic mass is 32.2. The largest absolute Gasteiger partial charge is 0.328 e. The first-order valence-electron chi connectivity index (χ1n) is 5.66. The van der Waals surface area contributed by atoms with Gasteiger partial charge >= 0.3 is 0 Å². The molecule has 2 aromatic heterocycles. The molecule has 0 unspecified atom stereocenters. The first-order valence-corrected chi connectivity index (χ1v) is 7.20. The normalized spacial score (nSPS) is 11.8. The van der Waals surface area contributed by atoms with Crippen molar-refractivity contribution < 1.29 is 8.42 Å². The van der Waals surface area contributed by atoms with Crippen LogP contribution >= 0.6 is 0 Å². The molecule has 0 bridgehead atoms. The first-order chi connectivity index (χ1) is 9.47. The molecule has 3 rings (SSSR count). The Morgan fingerprint density at radius 3 is 2.45 bits per heavy atom. The van der Waals surface area contributed by atoms with Gasteiger partial charge in [0.25, 0.3) is 5.56 Å². The molecule has 0 radical (unpaired) electrons. The number of hydrogen-bond acceptors (Lipinski definition) is 4. The molecule has 0 saturated heterocycles. The van der Waals surface area contributed by atoms with Crippen LogP contribution < -0.4 is 10.7 Å².